The van der Waals surface area contributed by atoms with Crippen LogP contribution >= 0.6 is 11.8 Å². The van der Waals surface area contributed by atoms with Crippen molar-refractivity contribution in [2.75, 3.05) is 51.1 Å². The van der Waals surface area contributed by atoms with Crippen LogP contribution < -0.4 is 9.80 Å². The van der Waals surface area contributed by atoms with E-state index in [0.717, 1.165) is 26.7 Å². The first-order chi connectivity index (χ1) is 12.4. The molecule has 140 valence electrons. The number of hydrogen-bond donors (Lipinski definition) is 0. The first-order valence-corrected chi connectivity index (χ1v) is 9.74. The molecule has 0 heterocycles. The molecule has 0 fully saturated rings. The maximum atomic E-state index is 13.0. The molecule has 2 aromatic carbocycles. The molecule has 0 N–H and O–H groups in total. The molecular weight excluding hydrogens is 342 g/mol. The lowest BCUT2D eigenvalue weighted by molar-refractivity contribution is 0.0769. The van der Waals surface area contributed by atoms with E-state index >= 15 is 0 Å². The molecule has 0 bridgehead atoms. The summed E-state index contributed by atoms with van der Waals surface area (Å²) in [5, 5.41) is 0. The average Bonchev–Trinajstić information content (AvgIpc) is 2.62. The molecular formula is C21H29N3OS. The van der Waals surface area contributed by atoms with Crippen molar-refractivity contribution >= 4 is 29.0 Å². The summed E-state index contributed by atoms with van der Waals surface area (Å²) in [5.74, 6) is 0.0894. The number of anilines is 2. The van der Waals surface area contributed by atoms with E-state index in [0.29, 0.717) is 13.1 Å². The first kappa shape index (κ1) is 20.2. The molecule has 5 heteroatoms. The fourth-order valence-electron chi connectivity index (χ4n) is 2.68. The molecule has 0 aliphatic heterocycles. The summed E-state index contributed by atoms with van der Waals surface area (Å²) in [6.07, 6.45) is 0. The average molecular weight is 372 g/mol. The minimum Gasteiger partial charge on any atom is -0.378 e. The number of nitrogens with zero attached hydrogens (tertiary/aromatic N) is 3. The summed E-state index contributed by atoms with van der Waals surface area (Å²) in [7, 11) is 8.10. The Kier molecular flexibility index (Phi) is 6.98. The fraction of sp³-hybridized carbons (Fsp3) is 0.381. The van der Waals surface area contributed by atoms with Crippen molar-refractivity contribution in [2.45, 2.75) is 23.6 Å². The van der Waals surface area contributed by atoms with Gasteiger partial charge in [-0.25, -0.2) is 0 Å². The van der Waals surface area contributed by atoms with Gasteiger partial charge < -0.3 is 14.7 Å². The summed E-state index contributed by atoms with van der Waals surface area (Å²) >= 11 is 1.64. The molecule has 26 heavy (non-hydrogen) atoms. The molecule has 2 rings (SSSR count). The van der Waals surface area contributed by atoms with Gasteiger partial charge in [0.15, 0.2) is 0 Å². The van der Waals surface area contributed by atoms with E-state index in [1.165, 1.54) is 0 Å². The van der Waals surface area contributed by atoms with Crippen molar-refractivity contribution < 1.29 is 4.79 Å². The monoisotopic (exact) mass is 371 g/mol. The van der Waals surface area contributed by atoms with Crippen LogP contribution in [0.1, 0.15) is 24.2 Å². The molecule has 0 unspecified atom stereocenters. The van der Waals surface area contributed by atoms with Crippen LogP contribution in [0.3, 0.4) is 0 Å². The molecule has 4 nitrogen and oxygen atoms in total. The quantitative estimate of drug-likeness (QED) is 0.718. The summed E-state index contributed by atoms with van der Waals surface area (Å²) < 4.78 is 0. The van der Waals surface area contributed by atoms with Crippen LogP contribution in [0.15, 0.2) is 52.3 Å². The molecule has 0 atom stereocenters. The number of carbonyl (C=O) groups is 1. The largest absolute Gasteiger partial charge is 0.378 e. The van der Waals surface area contributed by atoms with Gasteiger partial charge in [0, 0.05) is 62.4 Å². The Morgan fingerprint density at radius 3 is 2.08 bits per heavy atom. The van der Waals surface area contributed by atoms with Crippen molar-refractivity contribution in [1.29, 1.82) is 0 Å². The van der Waals surface area contributed by atoms with Crippen LogP contribution in [0.25, 0.3) is 0 Å². The Labute approximate surface area is 161 Å². The minimum atomic E-state index is 0.0894. The standard InChI is InChI=1S/C21H29N3OS/c1-7-24(8-2)21(25)19-13-12-17(23(5)6)15-20(19)26-18-11-9-10-16(14-18)22(3)4/h9-15H,7-8H2,1-6H3. The highest BCUT2D eigenvalue weighted by Gasteiger charge is 2.18. The van der Waals surface area contributed by atoms with Crippen molar-refractivity contribution in [3.05, 3.63) is 48.0 Å². The van der Waals surface area contributed by atoms with Crippen LogP contribution in [0.2, 0.25) is 0 Å². The number of rotatable bonds is 7. The third-order valence-electron chi connectivity index (χ3n) is 4.32. The smallest absolute Gasteiger partial charge is 0.254 e. The molecule has 2 aromatic rings. The Bertz CT molecular complexity index is 755. The van der Waals surface area contributed by atoms with Crippen LogP contribution in [-0.2, 0) is 0 Å². The van der Waals surface area contributed by atoms with Crippen LogP contribution in [0.4, 0.5) is 11.4 Å². The highest BCUT2D eigenvalue weighted by molar-refractivity contribution is 7.99. The maximum Gasteiger partial charge on any atom is 0.254 e. The van der Waals surface area contributed by atoms with Gasteiger partial charge >= 0.3 is 0 Å². The summed E-state index contributed by atoms with van der Waals surface area (Å²) in [6.45, 7) is 5.46. The highest BCUT2D eigenvalue weighted by Crippen LogP contribution is 2.35. The van der Waals surface area contributed by atoms with Gasteiger partial charge in [-0.15, -0.1) is 0 Å². The number of carbonyl (C=O) groups excluding carboxylic acids is 1. The SMILES string of the molecule is CCN(CC)C(=O)c1ccc(N(C)C)cc1Sc1cccc(N(C)C)c1. The predicted molar refractivity (Wildman–Crippen MR) is 113 cm³/mol. The van der Waals surface area contributed by atoms with Gasteiger partial charge in [-0.3, -0.25) is 4.79 Å². The van der Waals surface area contributed by atoms with Gasteiger partial charge in [0.2, 0.25) is 0 Å². The Morgan fingerprint density at radius 1 is 0.885 bits per heavy atom. The molecule has 1 amide bonds. The lowest BCUT2D eigenvalue weighted by atomic mass is 10.1. The van der Waals surface area contributed by atoms with E-state index in [1.807, 2.05) is 59.1 Å². The van der Waals surface area contributed by atoms with Crippen LogP contribution in [0.5, 0.6) is 0 Å². The zero-order chi connectivity index (χ0) is 19.3. The summed E-state index contributed by atoms with van der Waals surface area (Å²) in [6, 6.07) is 14.4. The number of benzene rings is 2. The first-order valence-electron chi connectivity index (χ1n) is 8.93. The molecule has 0 radical (unpaired) electrons. The van der Waals surface area contributed by atoms with Gasteiger partial charge in [-0.2, -0.15) is 0 Å². The van der Waals surface area contributed by atoms with E-state index in [9.17, 15) is 4.79 Å². The highest BCUT2D eigenvalue weighted by atomic mass is 32.2. The number of amides is 1. The Hall–Kier alpha value is -2.14. The zero-order valence-electron chi connectivity index (χ0n) is 16.6. The predicted octanol–water partition coefficient (Wildman–Crippen LogP) is 4.45. The number of hydrogen-bond acceptors (Lipinski definition) is 4. The van der Waals surface area contributed by atoms with E-state index < -0.39 is 0 Å². The molecule has 0 spiro atoms. The Balaban J connectivity index is 2.45. The van der Waals surface area contributed by atoms with Gasteiger partial charge in [0.1, 0.15) is 0 Å². The third kappa shape index (κ3) is 4.73. The normalized spacial score (nSPS) is 10.5. The van der Waals surface area contributed by atoms with Crippen molar-refractivity contribution in [1.82, 2.24) is 4.90 Å². The second-order valence-electron chi connectivity index (χ2n) is 6.55. The lowest BCUT2D eigenvalue weighted by Crippen LogP contribution is -2.30. The van der Waals surface area contributed by atoms with E-state index in [1.54, 1.807) is 11.8 Å². The van der Waals surface area contributed by atoms with Crippen LogP contribution in [-0.4, -0.2) is 52.1 Å². The third-order valence-corrected chi connectivity index (χ3v) is 5.37. The van der Waals surface area contributed by atoms with Gasteiger partial charge in [-0.1, -0.05) is 17.8 Å². The zero-order valence-corrected chi connectivity index (χ0v) is 17.4. The van der Waals surface area contributed by atoms with Crippen molar-refractivity contribution in [2.24, 2.45) is 0 Å². The van der Waals surface area contributed by atoms with Crippen molar-refractivity contribution in [3.8, 4) is 0 Å². The van der Waals surface area contributed by atoms with E-state index in [-0.39, 0.29) is 5.91 Å². The molecule has 0 saturated heterocycles. The molecule has 0 aliphatic rings. The minimum absolute atomic E-state index is 0.0894. The molecule has 0 aliphatic carbocycles. The van der Waals surface area contributed by atoms with Gasteiger partial charge in [0.25, 0.3) is 5.91 Å². The topological polar surface area (TPSA) is 26.8 Å². The van der Waals surface area contributed by atoms with Crippen molar-refractivity contribution in [3.63, 3.8) is 0 Å². The van der Waals surface area contributed by atoms with Gasteiger partial charge in [-0.05, 0) is 50.2 Å². The molecule has 0 saturated carbocycles. The van der Waals surface area contributed by atoms with E-state index in [4.69, 9.17) is 0 Å². The summed E-state index contributed by atoms with van der Waals surface area (Å²) in [4.78, 5) is 21.1. The summed E-state index contributed by atoms with van der Waals surface area (Å²) in [5.41, 5.74) is 3.00. The van der Waals surface area contributed by atoms with E-state index in [2.05, 4.69) is 40.1 Å². The van der Waals surface area contributed by atoms with Crippen LogP contribution in [0, 0.1) is 0 Å². The molecule has 0 aromatic heterocycles. The van der Waals surface area contributed by atoms with Gasteiger partial charge in [0.05, 0.1) is 5.56 Å². The second kappa shape index (κ2) is 8.99. The maximum absolute atomic E-state index is 13.0. The lowest BCUT2D eigenvalue weighted by Gasteiger charge is -2.22. The second-order valence-corrected chi connectivity index (χ2v) is 7.66. The Morgan fingerprint density at radius 2 is 1.50 bits per heavy atom. The fourth-order valence-corrected chi connectivity index (χ4v) is 3.71.